The fraction of sp³-hybridized carbons (Fsp3) is 0.0182. The Balaban J connectivity index is 1.01. The molecule has 0 saturated carbocycles. The van der Waals surface area contributed by atoms with Crippen molar-refractivity contribution in [3.05, 3.63) is 205 Å². The van der Waals surface area contributed by atoms with E-state index >= 15 is 0 Å². The average Bonchev–Trinajstić information content (AvgIpc) is 4.02. The maximum Gasteiger partial charge on any atom is 0.0620 e. The summed E-state index contributed by atoms with van der Waals surface area (Å²) in [6, 6.07) is 72.0. The molecule has 2 nitrogen and oxygen atoms in total. The zero-order valence-electron chi connectivity index (χ0n) is 31.1. The van der Waals surface area contributed by atoms with Crippen LogP contribution in [0.2, 0.25) is 0 Å². The van der Waals surface area contributed by atoms with Crippen LogP contribution in [0.3, 0.4) is 0 Å². The van der Waals surface area contributed by atoms with Crippen molar-refractivity contribution in [1.29, 1.82) is 0 Å². The van der Waals surface area contributed by atoms with Crippen LogP contribution < -0.4 is 0 Å². The first-order chi connectivity index (χ1) is 28.3. The first-order valence-corrected chi connectivity index (χ1v) is 19.9. The molecule has 0 saturated heterocycles. The van der Waals surface area contributed by atoms with Gasteiger partial charge in [0, 0.05) is 38.0 Å². The van der Waals surface area contributed by atoms with Crippen LogP contribution in [0.1, 0.15) is 11.1 Å². The van der Waals surface area contributed by atoms with E-state index in [9.17, 15) is 0 Å². The lowest BCUT2D eigenvalue weighted by atomic mass is 9.94. The largest absolute Gasteiger partial charge is 0.309 e. The molecule has 12 aromatic rings. The zero-order valence-corrected chi connectivity index (χ0v) is 31.1. The van der Waals surface area contributed by atoms with Crippen LogP contribution in [0.4, 0.5) is 0 Å². The van der Waals surface area contributed by atoms with Gasteiger partial charge in [0.15, 0.2) is 0 Å². The number of fused-ring (bicyclic) bond motifs is 12. The Morgan fingerprint density at radius 1 is 0.298 bits per heavy atom. The van der Waals surface area contributed by atoms with Crippen molar-refractivity contribution in [2.75, 3.05) is 0 Å². The molecule has 0 unspecified atom stereocenters. The van der Waals surface area contributed by atoms with Crippen LogP contribution in [0.15, 0.2) is 194 Å². The number of benzene rings is 9. The maximum atomic E-state index is 2.48. The number of hydrogen-bond acceptors (Lipinski definition) is 0. The third-order valence-corrected chi connectivity index (χ3v) is 12.7. The van der Waals surface area contributed by atoms with Crippen LogP contribution in [0.25, 0.3) is 110 Å². The molecule has 0 aliphatic heterocycles. The number of nitrogens with zero attached hydrogens (tertiary/aromatic N) is 2. The van der Waals surface area contributed by atoms with Gasteiger partial charge in [0.2, 0.25) is 0 Å². The van der Waals surface area contributed by atoms with Crippen molar-refractivity contribution in [1.82, 2.24) is 8.97 Å². The molecule has 0 spiro atoms. The summed E-state index contributed by atoms with van der Waals surface area (Å²) in [5.41, 5.74) is 20.6. The highest BCUT2D eigenvalue weighted by Crippen LogP contribution is 2.47. The second-order valence-electron chi connectivity index (χ2n) is 15.6. The molecular weight excluding hydrogens is 689 g/mol. The van der Waals surface area contributed by atoms with Gasteiger partial charge in [-0.1, -0.05) is 146 Å². The standard InChI is InChI=1S/C55H34N2/c1-3-12-34(13-4-1)39-17-9-19-41-42-20-10-18-40(48(42)33-47(39)41)37-26-29-53-50(31-37)49-30-35(25-28-52(49)56(53)38-14-5-2-6-15-38)36-24-27-44-46-22-11-21-45-43-16-7-8-23-51(43)57(55(45)46)54(44)32-36/h1-32H,33H2. The summed E-state index contributed by atoms with van der Waals surface area (Å²) >= 11 is 0. The molecule has 3 aromatic heterocycles. The van der Waals surface area contributed by atoms with E-state index in [1.54, 1.807) is 0 Å². The highest BCUT2D eigenvalue weighted by Gasteiger charge is 2.25. The van der Waals surface area contributed by atoms with E-state index in [0.717, 1.165) is 6.42 Å². The van der Waals surface area contributed by atoms with Crippen molar-refractivity contribution in [2.24, 2.45) is 0 Å². The quantitative estimate of drug-likeness (QED) is 0.171. The van der Waals surface area contributed by atoms with Gasteiger partial charge in [-0.15, -0.1) is 0 Å². The third-order valence-electron chi connectivity index (χ3n) is 12.7. The summed E-state index contributed by atoms with van der Waals surface area (Å²) in [6.45, 7) is 0. The molecule has 0 N–H and O–H groups in total. The molecule has 0 fully saturated rings. The minimum atomic E-state index is 0.922. The fourth-order valence-electron chi connectivity index (χ4n) is 10.2. The molecule has 1 aliphatic rings. The van der Waals surface area contributed by atoms with Gasteiger partial charge in [-0.2, -0.15) is 0 Å². The van der Waals surface area contributed by atoms with Gasteiger partial charge in [-0.25, -0.2) is 0 Å². The Morgan fingerprint density at radius 2 is 0.825 bits per heavy atom. The van der Waals surface area contributed by atoms with E-state index in [-0.39, 0.29) is 0 Å². The number of aromatic nitrogens is 2. The van der Waals surface area contributed by atoms with Gasteiger partial charge in [0.25, 0.3) is 0 Å². The first-order valence-electron chi connectivity index (χ1n) is 19.9. The van der Waals surface area contributed by atoms with E-state index in [2.05, 4.69) is 203 Å². The van der Waals surface area contributed by atoms with E-state index in [1.165, 1.54) is 121 Å². The highest BCUT2D eigenvalue weighted by atomic mass is 15.0. The lowest BCUT2D eigenvalue weighted by Crippen LogP contribution is -1.93. The molecule has 0 atom stereocenters. The summed E-state index contributed by atoms with van der Waals surface area (Å²) in [5.74, 6) is 0. The van der Waals surface area contributed by atoms with Gasteiger partial charge < -0.3 is 8.97 Å². The summed E-state index contributed by atoms with van der Waals surface area (Å²) in [7, 11) is 0. The third kappa shape index (κ3) is 4.30. The lowest BCUT2D eigenvalue weighted by Gasteiger charge is -2.11. The smallest absolute Gasteiger partial charge is 0.0620 e. The summed E-state index contributed by atoms with van der Waals surface area (Å²) in [4.78, 5) is 0. The monoisotopic (exact) mass is 722 g/mol. The second-order valence-corrected chi connectivity index (χ2v) is 15.6. The molecular formula is C55H34N2. The molecule has 0 radical (unpaired) electrons. The van der Waals surface area contributed by atoms with E-state index in [1.807, 2.05) is 0 Å². The van der Waals surface area contributed by atoms with Crippen molar-refractivity contribution < 1.29 is 0 Å². The highest BCUT2D eigenvalue weighted by molar-refractivity contribution is 6.23. The molecule has 13 rings (SSSR count). The van der Waals surface area contributed by atoms with E-state index < -0.39 is 0 Å². The maximum absolute atomic E-state index is 2.48. The van der Waals surface area contributed by atoms with Crippen LogP contribution in [0, 0.1) is 0 Å². The SMILES string of the molecule is c1ccc(-c2cccc3c2Cc2c(-c4ccc5c(c4)c4cc(-c6ccc7c8cccc9c%10ccccc%10n(c7c6)c98)ccc4n5-c4ccccc4)cccc2-3)cc1. The Kier molecular flexibility index (Phi) is 6.25. The fourth-order valence-corrected chi connectivity index (χ4v) is 10.2. The van der Waals surface area contributed by atoms with Gasteiger partial charge in [-0.3, -0.25) is 0 Å². The van der Waals surface area contributed by atoms with Crippen LogP contribution >= 0.6 is 0 Å². The Morgan fingerprint density at radius 3 is 1.56 bits per heavy atom. The normalized spacial score (nSPS) is 12.5. The van der Waals surface area contributed by atoms with E-state index in [0.29, 0.717) is 0 Å². The molecule has 2 heteroatoms. The molecule has 0 amide bonds. The minimum absolute atomic E-state index is 0.922. The van der Waals surface area contributed by atoms with Gasteiger partial charge in [-0.05, 0) is 111 Å². The van der Waals surface area contributed by atoms with Gasteiger partial charge >= 0.3 is 0 Å². The predicted octanol–water partition coefficient (Wildman–Crippen LogP) is 14.5. The van der Waals surface area contributed by atoms with Crippen molar-refractivity contribution in [3.63, 3.8) is 0 Å². The average molecular weight is 723 g/mol. The number of rotatable bonds is 4. The first kappa shape index (κ1) is 30.9. The summed E-state index contributed by atoms with van der Waals surface area (Å²) in [6.07, 6.45) is 0.922. The van der Waals surface area contributed by atoms with Crippen LogP contribution in [-0.2, 0) is 6.42 Å². The predicted molar refractivity (Wildman–Crippen MR) is 240 cm³/mol. The van der Waals surface area contributed by atoms with Crippen LogP contribution in [0.5, 0.6) is 0 Å². The molecule has 57 heavy (non-hydrogen) atoms. The zero-order chi connectivity index (χ0) is 37.2. The molecule has 264 valence electrons. The number of para-hydroxylation sites is 3. The van der Waals surface area contributed by atoms with Crippen molar-refractivity contribution in [2.45, 2.75) is 6.42 Å². The molecule has 9 aromatic carbocycles. The Hall–Kier alpha value is -7.42. The van der Waals surface area contributed by atoms with Crippen LogP contribution in [-0.4, -0.2) is 8.97 Å². The minimum Gasteiger partial charge on any atom is -0.309 e. The molecule has 1 aliphatic carbocycles. The number of hydrogen-bond donors (Lipinski definition) is 0. The molecule has 3 heterocycles. The topological polar surface area (TPSA) is 9.34 Å². The second kappa shape index (κ2) is 11.6. The molecule has 0 bridgehead atoms. The van der Waals surface area contributed by atoms with Gasteiger partial charge in [0.1, 0.15) is 0 Å². The summed E-state index contributed by atoms with van der Waals surface area (Å²) < 4.78 is 4.90. The van der Waals surface area contributed by atoms with E-state index in [4.69, 9.17) is 0 Å². The lowest BCUT2D eigenvalue weighted by molar-refractivity contribution is 1.18. The van der Waals surface area contributed by atoms with Gasteiger partial charge in [0.05, 0.1) is 27.6 Å². The summed E-state index contributed by atoms with van der Waals surface area (Å²) in [5, 5.41) is 7.75. The van der Waals surface area contributed by atoms with Crippen molar-refractivity contribution >= 4 is 59.9 Å². The van der Waals surface area contributed by atoms with Crippen molar-refractivity contribution in [3.8, 4) is 50.2 Å². The Labute approximate surface area is 329 Å². The Bertz CT molecular complexity index is 3590.